The van der Waals surface area contributed by atoms with Crippen LogP contribution in [0.1, 0.15) is 20.9 Å². The van der Waals surface area contributed by atoms with Crippen molar-refractivity contribution in [3.05, 3.63) is 76.5 Å². The summed E-state index contributed by atoms with van der Waals surface area (Å²) in [6.45, 7) is 2.23. The first-order valence-electron chi connectivity index (χ1n) is 7.19. The smallest absolute Gasteiger partial charge is 0.271 e. The number of halogens is 1. The highest BCUT2D eigenvalue weighted by molar-refractivity contribution is 7.15. The van der Waals surface area contributed by atoms with Crippen LogP contribution < -0.4 is 5.32 Å². The summed E-state index contributed by atoms with van der Waals surface area (Å²) in [4.78, 5) is 17.6. The molecule has 3 rings (SSSR count). The Labute approximate surface area is 137 Å². The minimum Gasteiger partial charge on any atom is -0.347 e. The summed E-state index contributed by atoms with van der Waals surface area (Å²) in [6, 6.07) is 15.8. The number of aromatic nitrogens is 1. The minimum absolute atomic E-state index is 0.217. The first kappa shape index (κ1) is 15.4. The van der Waals surface area contributed by atoms with E-state index in [-0.39, 0.29) is 11.7 Å². The molecule has 3 aromatic rings. The van der Waals surface area contributed by atoms with Gasteiger partial charge in [0.1, 0.15) is 16.5 Å². The molecule has 2 aromatic carbocycles. The van der Waals surface area contributed by atoms with Crippen LogP contribution in [0.25, 0.3) is 10.6 Å². The van der Waals surface area contributed by atoms with Crippen molar-refractivity contribution in [2.45, 2.75) is 13.5 Å². The van der Waals surface area contributed by atoms with Crippen LogP contribution in [-0.2, 0) is 6.54 Å². The molecular weight excluding hydrogens is 311 g/mol. The number of carbonyl (C=O) groups is 1. The highest BCUT2D eigenvalue weighted by Crippen LogP contribution is 2.27. The van der Waals surface area contributed by atoms with Gasteiger partial charge in [-0.05, 0) is 24.6 Å². The molecule has 0 aliphatic rings. The third-order valence-electron chi connectivity index (χ3n) is 3.40. The van der Waals surface area contributed by atoms with E-state index in [0.29, 0.717) is 12.2 Å². The third kappa shape index (κ3) is 3.63. The maximum Gasteiger partial charge on any atom is 0.271 e. The van der Waals surface area contributed by atoms with Gasteiger partial charge in [0.2, 0.25) is 0 Å². The molecule has 116 valence electrons. The van der Waals surface area contributed by atoms with E-state index in [1.165, 1.54) is 23.5 Å². The van der Waals surface area contributed by atoms with Gasteiger partial charge in [0, 0.05) is 17.0 Å². The standard InChI is InChI=1S/C18H15FN2OS/c1-12-16(21-18(23-12)14-5-3-2-4-6-14)17(22)20-11-13-7-9-15(19)10-8-13/h2-10H,11H2,1H3,(H,20,22). The van der Waals surface area contributed by atoms with Gasteiger partial charge in [-0.25, -0.2) is 9.37 Å². The molecule has 3 nitrogen and oxygen atoms in total. The number of amides is 1. The Morgan fingerprint density at radius 3 is 2.52 bits per heavy atom. The fraction of sp³-hybridized carbons (Fsp3) is 0.111. The second-order valence-corrected chi connectivity index (χ2v) is 6.30. The molecule has 1 amide bonds. The number of hydrogen-bond donors (Lipinski definition) is 1. The first-order valence-corrected chi connectivity index (χ1v) is 8.00. The first-order chi connectivity index (χ1) is 11.1. The average Bonchev–Trinajstić information content (AvgIpc) is 2.97. The lowest BCUT2D eigenvalue weighted by Gasteiger charge is -2.04. The van der Waals surface area contributed by atoms with Gasteiger partial charge in [-0.2, -0.15) is 0 Å². The zero-order chi connectivity index (χ0) is 16.2. The molecule has 0 radical (unpaired) electrons. The number of rotatable bonds is 4. The molecule has 0 aliphatic heterocycles. The topological polar surface area (TPSA) is 42.0 Å². The highest BCUT2D eigenvalue weighted by atomic mass is 32.1. The second kappa shape index (κ2) is 6.71. The van der Waals surface area contributed by atoms with Gasteiger partial charge < -0.3 is 5.32 Å². The molecule has 23 heavy (non-hydrogen) atoms. The Balaban J connectivity index is 1.72. The number of carbonyl (C=O) groups excluding carboxylic acids is 1. The van der Waals surface area contributed by atoms with Crippen molar-refractivity contribution < 1.29 is 9.18 Å². The largest absolute Gasteiger partial charge is 0.347 e. The van der Waals surface area contributed by atoms with Crippen molar-refractivity contribution in [2.24, 2.45) is 0 Å². The maximum atomic E-state index is 12.9. The molecule has 0 fully saturated rings. The summed E-state index contributed by atoms with van der Waals surface area (Å²) < 4.78 is 12.9. The van der Waals surface area contributed by atoms with Crippen molar-refractivity contribution in [2.75, 3.05) is 0 Å². The van der Waals surface area contributed by atoms with Gasteiger partial charge in [-0.1, -0.05) is 42.5 Å². The van der Waals surface area contributed by atoms with Gasteiger partial charge >= 0.3 is 0 Å². The normalized spacial score (nSPS) is 10.5. The van der Waals surface area contributed by atoms with Crippen molar-refractivity contribution in [1.82, 2.24) is 10.3 Å². The van der Waals surface area contributed by atoms with E-state index < -0.39 is 0 Å². The molecule has 0 aliphatic carbocycles. The average molecular weight is 326 g/mol. The molecular formula is C18H15FN2OS. The van der Waals surface area contributed by atoms with Crippen LogP contribution in [0.4, 0.5) is 4.39 Å². The lowest BCUT2D eigenvalue weighted by atomic mass is 10.2. The van der Waals surface area contributed by atoms with E-state index in [0.717, 1.165) is 21.0 Å². The molecule has 1 N–H and O–H groups in total. The minimum atomic E-state index is -0.289. The van der Waals surface area contributed by atoms with Crippen LogP contribution in [-0.4, -0.2) is 10.9 Å². The second-order valence-electron chi connectivity index (χ2n) is 5.10. The molecule has 0 atom stereocenters. The predicted molar refractivity (Wildman–Crippen MR) is 89.9 cm³/mol. The Morgan fingerprint density at radius 1 is 1.13 bits per heavy atom. The highest BCUT2D eigenvalue weighted by Gasteiger charge is 2.16. The molecule has 0 saturated carbocycles. The van der Waals surface area contributed by atoms with E-state index in [4.69, 9.17) is 0 Å². The van der Waals surface area contributed by atoms with Gasteiger partial charge in [-0.3, -0.25) is 4.79 Å². The summed E-state index contributed by atoms with van der Waals surface area (Å²) in [7, 11) is 0. The Hall–Kier alpha value is -2.53. The zero-order valence-corrected chi connectivity index (χ0v) is 13.4. The number of benzene rings is 2. The van der Waals surface area contributed by atoms with Crippen molar-refractivity contribution in [1.29, 1.82) is 0 Å². The molecule has 0 spiro atoms. The quantitative estimate of drug-likeness (QED) is 0.781. The number of nitrogens with one attached hydrogen (secondary N) is 1. The van der Waals surface area contributed by atoms with Crippen LogP contribution >= 0.6 is 11.3 Å². The number of aryl methyl sites for hydroxylation is 1. The predicted octanol–water partition coefficient (Wildman–Crippen LogP) is 4.19. The Kier molecular flexibility index (Phi) is 4.48. The van der Waals surface area contributed by atoms with Gasteiger partial charge in [0.05, 0.1) is 0 Å². The molecule has 1 aromatic heterocycles. The van der Waals surface area contributed by atoms with E-state index in [2.05, 4.69) is 10.3 Å². The number of thiazole rings is 1. The van der Waals surface area contributed by atoms with Crippen LogP contribution in [0.15, 0.2) is 54.6 Å². The van der Waals surface area contributed by atoms with E-state index in [1.54, 1.807) is 12.1 Å². The molecule has 0 unspecified atom stereocenters. The van der Waals surface area contributed by atoms with Crippen molar-refractivity contribution in [3.8, 4) is 10.6 Å². The summed E-state index contributed by atoms with van der Waals surface area (Å²) in [6.07, 6.45) is 0. The lowest BCUT2D eigenvalue weighted by Crippen LogP contribution is -2.23. The SMILES string of the molecule is Cc1sc(-c2ccccc2)nc1C(=O)NCc1ccc(F)cc1. The summed E-state index contributed by atoms with van der Waals surface area (Å²) in [5.41, 5.74) is 2.28. The fourth-order valence-electron chi connectivity index (χ4n) is 2.18. The van der Waals surface area contributed by atoms with Crippen LogP contribution in [0.5, 0.6) is 0 Å². The third-order valence-corrected chi connectivity index (χ3v) is 4.42. The van der Waals surface area contributed by atoms with Crippen LogP contribution in [0.2, 0.25) is 0 Å². The van der Waals surface area contributed by atoms with Gasteiger partial charge in [0.25, 0.3) is 5.91 Å². The van der Waals surface area contributed by atoms with E-state index in [1.807, 2.05) is 37.3 Å². The zero-order valence-electron chi connectivity index (χ0n) is 12.5. The van der Waals surface area contributed by atoms with E-state index in [9.17, 15) is 9.18 Å². The Morgan fingerprint density at radius 2 is 1.83 bits per heavy atom. The van der Waals surface area contributed by atoms with Gasteiger partial charge in [0.15, 0.2) is 0 Å². The molecule has 0 bridgehead atoms. The summed E-state index contributed by atoms with van der Waals surface area (Å²) in [5.74, 6) is -0.506. The fourth-order valence-corrected chi connectivity index (χ4v) is 3.10. The summed E-state index contributed by atoms with van der Waals surface area (Å²) in [5, 5.41) is 3.65. The maximum absolute atomic E-state index is 12.9. The monoisotopic (exact) mass is 326 g/mol. The van der Waals surface area contributed by atoms with Gasteiger partial charge in [-0.15, -0.1) is 11.3 Å². The Bertz CT molecular complexity index is 813. The molecule has 0 saturated heterocycles. The van der Waals surface area contributed by atoms with Crippen molar-refractivity contribution in [3.63, 3.8) is 0 Å². The molecule has 5 heteroatoms. The van der Waals surface area contributed by atoms with E-state index >= 15 is 0 Å². The lowest BCUT2D eigenvalue weighted by molar-refractivity contribution is 0.0946. The summed E-state index contributed by atoms with van der Waals surface area (Å²) >= 11 is 1.50. The molecule has 1 heterocycles. The van der Waals surface area contributed by atoms with Crippen LogP contribution in [0.3, 0.4) is 0 Å². The number of hydrogen-bond acceptors (Lipinski definition) is 3. The van der Waals surface area contributed by atoms with Crippen molar-refractivity contribution >= 4 is 17.2 Å². The number of nitrogens with zero attached hydrogens (tertiary/aromatic N) is 1. The van der Waals surface area contributed by atoms with Crippen LogP contribution in [0, 0.1) is 12.7 Å².